The molecule has 1 aromatic rings. The van der Waals surface area contributed by atoms with Crippen molar-refractivity contribution in [1.29, 1.82) is 0 Å². The molecule has 0 aliphatic heterocycles. The van der Waals surface area contributed by atoms with E-state index in [1.165, 1.54) is 0 Å². The molecule has 1 unspecified atom stereocenters. The SMILES string of the molecule is CCCNc1cncc(NCC(O)CO)c1. The number of hydrogen-bond acceptors (Lipinski definition) is 5. The first-order chi connectivity index (χ1) is 7.76. The van der Waals surface area contributed by atoms with Crippen LogP contribution < -0.4 is 10.6 Å². The van der Waals surface area contributed by atoms with Crippen molar-refractivity contribution < 1.29 is 10.2 Å². The van der Waals surface area contributed by atoms with Gasteiger partial charge in [0.25, 0.3) is 0 Å². The smallest absolute Gasteiger partial charge is 0.0942 e. The summed E-state index contributed by atoms with van der Waals surface area (Å²) in [6, 6.07) is 1.92. The largest absolute Gasteiger partial charge is 0.394 e. The zero-order valence-corrected chi connectivity index (χ0v) is 9.48. The molecule has 5 nitrogen and oxygen atoms in total. The molecule has 0 bridgehead atoms. The number of nitrogens with zero attached hydrogens (tertiary/aromatic N) is 1. The highest BCUT2D eigenvalue weighted by atomic mass is 16.3. The summed E-state index contributed by atoms with van der Waals surface area (Å²) in [6.45, 7) is 3.08. The van der Waals surface area contributed by atoms with E-state index in [1.54, 1.807) is 12.4 Å². The molecule has 0 saturated carbocycles. The highest BCUT2D eigenvalue weighted by Crippen LogP contribution is 2.12. The lowest BCUT2D eigenvalue weighted by atomic mass is 10.3. The van der Waals surface area contributed by atoms with Crippen LogP contribution >= 0.6 is 0 Å². The van der Waals surface area contributed by atoms with Gasteiger partial charge in [-0.25, -0.2) is 0 Å². The molecule has 1 aromatic heterocycles. The maximum atomic E-state index is 9.18. The molecule has 16 heavy (non-hydrogen) atoms. The minimum Gasteiger partial charge on any atom is -0.394 e. The van der Waals surface area contributed by atoms with Gasteiger partial charge in [0.1, 0.15) is 0 Å². The number of nitrogens with one attached hydrogen (secondary N) is 2. The standard InChI is InChI=1S/C11H19N3O2/c1-2-3-13-9-4-10(6-12-5-9)14-7-11(16)8-15/h4-6,11,13-16H,2-3,7-8H2,1H3. The van der Waals surface area contributed by atoms with Crippen molar-refractivity contribution in [1.82, 2.24) is 4.98 Å². The number of hydrogen-bond donors (Lipinski definition) is 4. The monoisotopic (exact) mass is 225 g/mol. The van der Waals surface area contributed by atoms with Crippen LogP contribution in [0.5, 0.6) is 0 Å². The van der Waals surface area contributed by atoms with Crippen LogP contribution in [0, 0.1) is 0 Å². The van der Waals surface area contributed by atoms with Crippen LogP contribution in [0.4, 0.5) is 11.4 Å². The lowest BCUT2D eigenvalue weighted by Gasteiger charge is -2.11. The summed E-state index contributed by atoms with van der Waals surface area (Å²) in [4.78, 5) is 4.07. The van der Waals surface area contributed by atoms with Gasteiger partial charge >= 0.3 is 0 Å². The van der Waals surface area contributed by atoms with Crippen molar-refractivity contribution in [3.05, 3.63) is 18.5 Å². The third-order valence-corrected chi connectivity index (χ3v) is 2.07. The van der Waals surface area contributed by atoms with E-state index >= 15 is 0 Å². The number of rotatable bonds is 7. The number of aliphatic hydroxyl groups excluding tert-OH is 2. The Labute approximate surface area is 95.5 Å². The third kappa shape index (κ3) is 4.46. The van der Waals surface area contributed by atoms with Gasteiger partial charge in [-0.1, -0.05) is 6.92 Å². The Kier molecular flexibility index (Phi) is 5.60. The molecule has 0 aliphatic carbocycles. The van der Waals surface area contributed by atoms with E-state index in [1.807, 2.05) is 6.07 Å². The van der Waals surface area contributed by atoms with E-state index in [2.05, 4.69) is 22.5 Å². The zero-order valence-electron chi connectivity index (χ0n) is 9.48. The number of aliphatic hydroxyl groups is 2. The van der Waals surface area contributed by atoms with Crippen molar-refractivity contribution in [2.45, 2.75) is 19.4 Å². The van der Waals surface area contributed by atoms with Crippen molar-refractivity contribution >= 4 is 11.4 Å². The topological polar surface area (TPSA) is 77.4 Å². The first kappa shape index (κ1) is 12.7. The third-order valence-electron chi connectivity index (χ3n) is 2.07. The average Bonchev–Trinajstić information content (AvgIpc) is 2.34. The summed E-state index contributed by atoms with van der Waals surface area (Å²) in [5, 5.41) is 24.1. The molecule has 0 spiro atoms. The Morgan fingerprint density at radius 1 is 1.31 bits per heavy atom. The van der Waals surface area contributed by atoms with Gasteiger partial charge in [-0.05, 0) is 12.5 Å². The van der Waals surface area contributed by atoms with E-state index in [4.69, 9.17) is 5.11 Å². The second-order valence-corrected chi connectivity index (χ2v) is 3.61. The van der Waals surface area contributed by atoms with Crippen LogP contribution in [0.25, 0.3) is 0 Å². The molecule has 0 saturated heterocycles. The minimum atomic E-state index is -0.743. The van der Waals surface area contributed by atoms with Crippen LogP contribution in [0.2, 0.25) is 0 Å². The molecule has 1 rings (SSSR count). The molecule has 0 aromatic carbocycles. The normalized spacial score (nSPS) is 12.2. The fraction of sp³-hybridized carbons (Fsp3) is 0.545. The fourth-order valence-electron chi connectivity index (χ4n) is 1.20. The molecule has 0 fully saturated rings. The van der Waals surface area contributed by atoms with Gasteiger partial charge in [-0.15, -0.1) is 0 Å². The molecule has 4 N–H and O–H groups in total. The van der Waals surface area contributed by atoms with Crippen LogP contribution in [0.1, 0.15) is 13.3 Å². The number of aromatic nitrogens is 1. The van der Waals surface area contributed by atoms with Gasteiger partial charge in [0.15, 0.2) is 0 Å². The highest BCUT2D eigenvalue weighted by Gasteiger charge is 2.01. The number of anilines is 2. The first-order valence-electron chi connectivity index (χ1n) is 5.48. The Morgan fingerprint density at radius 2 is 2.00 bits per heavy atom. The van der Waals surface area contributed by atoms with Crippen LogP contribution in [-0.2, 0) is 0 Å². The lowest BCUT2D eigenvalue weighted by Crippen LogP contribution is -2.23. The molecule has 0 aliphatic rings. The van der Waals surface area contributed by atoms with E-state index in [0.29, 0.717) is 6.54 Å². The van der Waals surface area contributed by atoms with Crippen LogP contribution in [0.3, 0.4) is 0 Å². The van der Waals surface area contributed by atoms with Gasteiger partial charge in [0, 0.05) is 13.1 Å². The Balaban J connectivity index is 2.46. The second-order valence-electron chi connectivity index (χ2n) is 3.61. The molecule has 90 valence electrons. The van der Waals surface area contributed by atoms with E-state index < -0.39 is 6.10 Å². The molecule has 1 atom stereocenters. The van der Waals surface area contributed by atoms with E-state index in [9.17, 15) is 5.11 Å². The average molecular weight is 225 g/mol. The molecule has 5 heteroatoms. The Bertz CT molecular complexity index is 307. The zero-order chi connectivity index (χ0) is 11.8. The quantitative estimate of drug-likeness (QED) is 0.548. The van der Waals surface area contributed by atoms with Gasteiger partial charge in [-0.3, -0.25) is 4.98 Å². The van der Waals surface area contributed by atoms with Crippen molar-refractivity contribution in [2.75, 3.05) is 30.3 Å². The number of pyridine rings is 1. The molecular weight excluding hydrogens is 206 g/mol. The van der Waals surface area contributed by atoms with Crippen molar-refractivity contribution in [3.63, 3.8) is 0 Å². The fourth-order valence-corrected chi connectivity index (χ4v) is 1.20. The van der Waals surface area contributed by atoms with Crippen molar-refractivity contribution in [3.8, 4) is 0 Å². The van der Waals surface area contributed by atoms with Gasteiger partial charge in [0.05, 0.1) is 36.5 Å². The van der Waals surface area contributed by atoms with Crippen LogP contribution in [0.15, 0.2) is 18.5 Å². The second kappa shape index (κ2) is 7.03. The summed E-state index contributed by atoms with van der Waals surface area (Å²) in [5.74, 6) is 0. The molecule has 1 heterocycles. The van der Waals surface area contributed by atoms with Crippen LogP contribution in [-0.4, -0.2) is 41.0 Å². The summed E-state index contributed by atoms with van der Waals surface area (Å²) in [5.41, 5.74) is 1.78. The maximum Gasteiger partial charge on any atom is 0.0942 e. The molecule has 0 radical (unpaired) electrons. The maximum absolute atomic E-state index is 9.18. The lowest BCUT2D eigenvalue weighted by molar-refractivity contribution is 0.105. The van der Waals surface area contributed by atoms with E-state index in [0.717, 1.165) is 24.3 Å². The Hall–Kier alpha value is -1.33. The molecule has 0 amide bonds. The van der Waals surface area contributed by atoms with Gasteiger partial charge in [0.2, 0.25) is 0 Å². The summed E-state index contributed by atoms with van der Waals surface area (Å²) in [6.07, 6.45) is 3.75. The van der Waals surface area contributed by atoms with Crippen molar-refractivity contribution in [2.24, 2.45) is 0 Å². The predicted octanol–water partition coefficient (Wildman–Crippen LogP) is 0.669. The highest BCUT2D eigenvalue weighted by molar-refractivity contribution is 5.53. The minimum absolute atomic E-state index is 0.242. The van der Waals surface area contributed by atoms with Gasteiger partial charge in [-0.2, -0.15) is 0 Å². The summed E-state index contributed by atoms with van der Waals surface area (Å²) in [7, 11) is 0. The summed E-state index contributed by atoms with van der Waals surface area (Å²) >= 11 is 0. The summed E-state index contributed by atoms with van der Waals surface area (Å²) < 4.78 is 0. The Morgan fingerprint density at radius 3 is 2.62 bits per heavy atom. The van der Waals surface area contributed by atoms with Gasteiger partial charge < -0.3 is 20.8 Å². The molecular formula is C11H19N3O2. The first-order valence-corrected chi connectivity index (χ1v) is 5.48. The van der Waals surface area contributed by atoms with E-state index in [-0.39, 0.29) is 6.61 Å². The predicted molar refractivity (Wildman–Crippen MR) is 64.6 cm³/mol.